The van der Waals surface area contributed by atoms with Crippen molar-refractivity contribution in [1.82, 2.24) is 5.32 Å². The predicted octanol–water partition coefficient (Wildman–Crippen LogP) is 6.36. The summed E-state index contributed by atoms with van der Waals surface area (Å²) in [4.78, 5) is 16.3. The van der Waals surface area contributed by atoms with Gasteiger partial charge in [0.1, 0.15) is 6.54 Å². The smallest absolute Gasteiger partial charge is 0.221 e. The molecule has 3 unspecified atom stereocenters. The molecule has 0 spiro atoms. The minimum atomic E-state index is 0.0566. The molecule has 4 nitrogen and oxygen atoms in total. The Morgan fingerprint density at radius 1 is 1.03 bits per heavy atom. The summed E-state index contributed by atoms with van der Waals surface area (Å²) in [5.41, 5.74) is 0. The molecule has 0 fully saturated rings. The molecule has 168 valence electrons. The van der Waals surface area contributed by atoms with E-state index in [1.165, 1.54) is 77.0 Å². The molecule has 0 bridgehead atoms. The van der Waals surface area contributed by atoms with E-state index < -0.39 is 0 Å². The third kappa shape index (κ3) is 9.93. The number of nitrogens with one attached hydrogen (secondary N) is 1. The molecule has 1 rings (SSSR count). The van der Waals surface area contributed by atoms with Gasteiger partial charge in [-0.1, -0.05) is 64.0 Å². The predicted molar refractivity (Wildman–Crippen MR) is 126 cm³/mol. The van der Waals surface area contributed by atoms with Gasteiger partial charge in [-0.15, -0.1) is 0 Å². The van der Waals surface area contributed by atoms with Gasteiger partial charge in [0, 0.05) is 20.3 Å². The van der Waals surface area contributed by atoms with Crippen molar-refractivity contribution in [3.05, 3.63) is 12.2 Å². The van der Waals surface area contributed by atoms with Crippen LogP contribution in [0.1, 0.15) is 111 Å². The highest BCUT2D eigenvalue weighted by Crippen LogP contribution is 2.27. The van der Waals surface area contributed by atoms with Crippen molar-refractivity contribution >= 4 is 12.1 Å². The van der Waals surface area contributed by atoms with Gasteiger partial charge in [0.05, 0.1) is 12.8 Å². The van der Waals surface area contributed by atoms with Crippen molar-refractivity contribution in [2.24, 2.45) is 4.99 Å². The fourth-order valence-electron chi connectivity index (χ4n) is 4.58. The molecule has 0 aromatic heterocycles. The molecule has 0 saturated carbocycles. The highest BCUT2D eigenvalue weighted by molar-refractivity contribution is 5.73. The normalized spacial score (nSPS) is 22.4. The van der Waals surface area contributed by atoms with Gasteiger partial charge >= 0.3 is 0 Å². The fraction of sp³-hybridized carbons (Fsp3) is 0.840. The molecular weight excluding hydrogens is 358 g/mol. The highest BCUT2D eigenvalue weighted by atomic mass is 16.1. The Labute approximate surface area is 180 Å². The largest absolute Gasteiger partial charge is 0.307 e. The summed E-state index contributed by atoms with van der Waals surface area (Å²) >= 11 is 0. The molecule has 1 aliphatic rings. The quantitative estimate of drug-likeness (QED) is 0.170. The van der Waals surface area contributed by atoms with E-state index in [1.54, 1.807) is 6.92 Å². The Hall–Kier alpha value is -1.16. The first kappa shape index (κ1) is 25.9. The van der Waals surface area contributed by atoms with Crippen LogP contribution in [-0.2, 0) is 4.79 Å². The van der Waals surface area contributed by atoms with Crippen LogP contribution in [0, 0.1) is 0 Å². The molecule has 0 aliphatic carbocycles. The zero-order valence-corrected chi connectivity index (χ0v) is 19.8. The highest BCUT2D eigenvalue weighted by Gasteiger charge is 2.42. The second kappa shape index (κ2) is 15.6. The summed E-state index contributed by atoms with van der Waals surface area (Å²) < 4.78 is 0.880. The molecule has 1 aliphatic heterocycles. The molecule has 29 heavy (non-hydrogen) atoms. The average molecular weight is 407 g/mol. The van der Waals surface area contributed by atoms with E-state index in [2.05, 4.69) is 44.5 Å². The van der Waals surface area contributed by atoms with Crippen LogP contribution in [0.4, 0.5) is 0 Å². The van der Waals surface area contributed by atoms with Crippen LogP contribution >= 0.6 is 0 Å². The topological polar surface area (TPSA) is 41.5 Å². The van der Waals surface area contributed by atoms with E-state index in [0.717, 1.165) is 24.0 Å². The first-order chi connectivity index (χ1) is 14.1. The molecule has 0 saturated heterocycles. The second-order valence-corrected chi connectivity index (χ2v) is 8.81. The molecular formula is C25H48N3O+. The Balaban J connectivity index is 2.09. The minimum Gasteiger partial charge on any atom is -0.307 e. The number of carbonyl (C=O) groups excluding carboxylic acids is 1. The molecule has 0 aromatic rings. The minimum absolute atomic E-state index is 0.0566. The monoisotopic (exact) mass is 406 g/mol. The van der Waals surface area contributed by atoms with Crippen molar-refractivity contribution in [2.75, 3.05) is 13.1 Å². The first-order valence-corrected chi connectivity index (χ1v) is 12.4. The fourth-order valence-corrected chi connectivity index (χ4v) is 4.58. The van der Waals surface area contributed by atoms with Crippen molar-refractivity contribution in [3.8, 4) is 0 Å². The van der Waals surface area contributed by atoms with Crippen LogP contribution in [0.15, 0.2) is 17.1 Å². The standard InChI is InChI=1S/C25H47N3O/c1-5-7-8-9-10-11-12-13-14-15-16-17-18-19-20-25-26-21-22-28(25,6-2)23(3)27-24(4)29/h10-11,21,23,25H,5-9,12-20,22H2,1-4H3/p+1/b11-10+. The maximum absolute atomic E-state index is 11.5. The van der Waals surface area contributed by atoms with E-state index in [0.29, 0.717) is 6.17 Å². The third-order valence-electron chi connectivity index (χ3n) is 6.54. The Morgan fingerprint density at radius 2 is 1.62 bits per heavy atom. The maximum atomic E-state index is 11.5. The number of unbranched alkanes of at least 4 members (excludes halogenated alkanes) is 10. The lowest BCUT2D eigenvalue weighted by molar-refractivity contribution is -0.959. The van der Waals surface area contributed by atoms with Gasteiger partial charge in [0.15, 0.2) is 12.3 Å². The van der Waals surface area contributed by atoms with E-state index in [4.69, 9.17) is 4.99 Å². The van der Waals surface area contributed by atoms with Crippen molar-refractivity contribution in [1.29, 1.82) is 0 Å². The summed E-state index contributed by atoms with van der Waals surface area (Å²) in [5, 5.41) is 3.11. The molecule has 1 heterocycles. The second-order valence-electron chi connectivity index (χ2n) is 8.81. The number of hydrogen-bond acceptors (Lipinski definition) is 2. The van der Waals surface area contributed by atoms with Gasteiger partial charge in [0.2, 0.25) is 5.91 Å². The van der Waals surface area contributed by atoms with Gasteiger partial charge in [-0.2, -0.15) is 0 Å². The van der Waals surface area contributed by atoms with Gasteiger partial charge < -0.3 is 5.32 Å². The van der Waals surface area contributed by atoms with Gasteiger partial charge in [-0.05, 0) is 39.0 Å². The summed E-state index contributed by atoms with van der Waals surface area (Å²) in [5.74, 6) is 0.0566. The average Bonchev–Trinajstić information content (AvgIpc) is 3.12. The number of allylic oxidation sites excluding steroid dienone is 2. The molecule has 1 N–H and O–H groups in total. The maximum Gasteiger partial charge on any atom is 0.221 e. The summed E-state index contributed by atoms with van der Waals surface area (Å²) in [6, 6.07) is 0. The van der Waals surface area contributed by atoms with E-state index >= 15 is 0 Å². The zero-order valence-electron chi connectivity index (χ0n) is 19.8. The van der Waals surface area contributed by atoms with Gasteiger partial charge in [-0.3, -0.25) is 9.28 Å². The molecule has 0 radical (unpaired) electrons. The van der Waals surface area contributed by atoms with E-state index in [-0.39, 0.29) is 12.1 Å². The SMILES string of the molecule is CCCCC/C=C/CCCCCCCCCC1N=CC[N+]1(CC)C(C)NC(C)=O. The number of hydrogen-bond donors (Lipinski definition) is 1. The third-order valence-corrected chi connectivity index (χ3v) is 6.54. The van der Waals surface area contributed by atoms with Crippen LogP contribution in [0.3, 0.4) is 0 Å². The van der Waals surface area contributed by atoms with E-state index in [9.17, 15) is 4.79 Å². The number of amides is 1. The van der Waals surface area contributed by atoms with Crippen molar-refractivity contribution < 1.29 is 9.28 Å². The van der Waals surface area contributed by atoms with Crippen LogP contribution in [0.5, 0.6) is 0 Å². The van der Waals surface area contributed by atoms with Crippen molar-refractivity contribution in [3.63, 3.8) is 0 Å². The lowest BCUT2D eigenvalue weighted by Gasteiger charge is -2.42. The van der Waals surface area contributed by atoms with Gasteiger partial charge in [0.25, 0.3) is 0 Å². The van der Waals surface area contributed by atoms with Crippen LogP contribution < -0.4 is 5.32 Å². The summed E-state index contributed by atoms with van der Waals surface area (Å²) in [6.45, 7) is 10.2. The summed E-state index contributed by atoms with van der Waals surface area (Å²) in [7, 11) is 0. The van der Waals surface area contributed by atoms with Crippen molar-refractivity contribution in [2.45, 2.75) is 123 Å². The molecule has 1 amide bonds. The Kier molecular flexibility index (Phi) is 14.0. The lowest BCUT2D eigenvalue weighted by Crippen LogP contribution is -2.63. The van der Waals surface area contributed by atoms with Crippen LogP contribution in [0.25, 0.3) is 0 Å². The number of carbonyl (C=O) groups is 1. The van der Waals surface area contributed by atoms with E-state index in [1.807, 2.05) is 0 Å². The molecule has 0 aromatic carbocycles. The number of nitrogens with zero attached hydrogens (tertiary/aromatic N) is 2. The number of aliphatic imine (C=N–C) groups is 1. The number of rotatable bonds is 17. The molecule has 4 heteroatoms. The zero-order chi connectivity index (χ0) is 21.4. The first-order valence-electron chi connectivity index (χ1n) is 12.4. The molecule has 3 atom stereocenters. The summed E-state index contributed by atoms with van der Waals surface area (Å²) in [6.07, 6.45) is 24.3. The van der Waals surface area contributed by atoms with Gasteiger partial charge in [-0.25, -0.2) is 4.99 Å². The van der Waals surface area contributed by atoms with Crippen LogP contribution in [-0.4, -0.2) is 42.0 Å². The Morgan fingerprint density at radius 3 is 2.21 bits per heavy atom. The number of quaternary nitrogens is 1. The lowest BCUT2D eigenvalue weighted by atomic mass is 10.1. The Bertz CT molecular complexity index is 488. The van der Waals surface area contributed by atoms with Crippen LogP contribution in [0.2, 0.25) is 0 Å².